The van der Waals surface area contributed by atoms with E-state index < -0.39 is 0 Å². The lowest BCUT2D eigenvalue weighted by molar-refractivity contribution is -0.125. The van der Waals surface area contributed by atoms with Crippen LogP contribution in [0.2, 0.25) is 0 Å². The highest BCUT2D eigenvalue weighted by Gasteiger charge is 2.24. The van der Waals surface area contributed by atoms with Crippen LogP contribution < -0.4 is 5.32 Å². The number of aromatic nitrogens is 2. The highest BCUT2D eigenvalue weighted by molar-refractivity contribution is 5.78. The summed E-state index contributed by atoms with van der Waals surface area (Å²) in [6, 6.07) is 0. The van der Waals surface area contributed by atoms with Crippen molar-refractivity contribution in [3.8, 4) is 0 Å². The quantitative estimate of drug-likeness (QED) is 0.767. The maximum absolute atomic E-state index is 12.0. The van der Waals surface area contributed by atoms with Gasteiger partial charge in [-0.2, -0.15) is 0 Å². The lowest BCUT2D eigenvalue weighted by atomic mass is 9.95. The van der Waals surface area contributed by atoms with Gasteiger partial charge in [0.25, 0.3) is 0 Å². The second-order valence-electron chi connectivity index (χ2n) is 4.61. The Morgan fingerprint density at radius 1 is 1.67 bits per heavy atom. The van der Waals surface area contributed by atoms with Crippen LogP contribution in [-0.4, -0.2) is 35.2 Å². The zero-order chi connectivity index (χ0) is 12.8. The van der Waals surface area contributed by atoms with E-state index >= 15 is 0 Å². The second-order valence-corrected chi connectivity index (χ2v) is 4.61. The Balaban J connectivity index is 1.71. The molecule has 18 heavy (non-hydrogen) atoms. The smallest absolute Gasteiger partial charge is 0.223 e. The molecule has 1 aliphatic rings. The molecule has 1 atom stereocenters. The van der Waals surface area contributed by atoms with Crippen molar-refractivity contribution >= 4 is 5.91 Å². The van der Waals surface area contributed by atoms with Gasteiger partial charge in [-0.3, -0.25) is 4.79 Å². The monoisotopic (exact) mass is 251 g/mol. The first-order chi connectivity index (χ1) is 8.81. The van der Waals surface area contributed by atoms with E-state index in [9.17, 15) is 4.79 Å². The van der Waals surface area contributed by atoms with Crippen LogP contribution in [0.15, 0.2) is 12.5 Å². The summed E-state index contributed by atoms with van der Waals surface area (Å²) in [5.74, 6) is 0.264. The molecule has 0 saturated heterocycles. The number of nitrogens with one attached hydrogen (secondary N) is 1. The van der Waals surface area contributed by atoms with E-state index in [1.54, 1.807) is 0 Å². The number of aryl methyl sites for hydroxylation is 1. The van der Waals surface area contributed by atoms with E-state index in [0.717, 1.165) is 38.1 Å². The Kier molecular flexibility index (Phi) is 4.75. The van der Waals surface area contributed by atoms with Gasteiger partial charge in [0.15, 0.2) is 0 Å². The van der Waals surface area contributed by atoms with Gasteiger partial charge in [0.05, 0.1) is 6.33 Å². The molecule has 2 rings (SSSR count). The fraction of sp³-hybridized carbons (Fsp3) is 0.692. The number of fused-ring (bicyclic) bond motifs is 1. The largest absolute Gasteiger partial charge is 0.382 e. The lowest BCUT2D eigenvalue weighted by Gasteiger charge is -2.22. The van der Waals surface area contributed by atoms with E-state index in [0.29, 0.717) is 13.2 Å². The Hall–Kier alpha value is -1.36. The van der Waals surface area contributed by atoms with Gasteiger partial charge >= 0.3 is 0 Å². The van der Waals surface area contributed by atoms with Crippen molar-refractivity contribution in [2.45, 2.75) is 32.7 Å². The third kappa shape index (κ3) is 3.32. The highest BCUT2D eigenvalue weighted by Crippen LogP contribution is 2.19. The minimum Gasteiger partial charge on any atom is -0.382 e. The number of rotatable bonds is 6. The molecule has 0 aliphatic carbocycles. The molecule has 2 heterocycles. The Morgan fingerprint density at radius 2 is 2.56 bits per heavy atom. The first-order valence-corrected chi connectivity index (χ1v) is 6.65. The number of carbonyl (C=O) groups excluding carboxylic acids is 1. The van der Waals surface area contributed by atoms with Gasteiger partial charge < -0.3 is 14.6 Å². The van der Waals surface area contributed by atoms with Crippen molar-refractivity contribution in [3.05, 3.63) is 18.2 Å². The minimum absolute atomic E-state index is 0.0984. The summed E-state index contributed by atoms with van der Waals surface area (Å²) in [5.41, 5.74) is 1.16. The summed E-state index contributed by atoms with van der Waals surface area (Å²) in [7, 11) is 0. The third-order valence-electron chi connectivity index (χ3n) is 3.31. The third-order valence-corrected chi connectivity index (χ3v) is 3.31. The molecule has 1 amide bonds. The van der Waals surface area contributed by atoms with Crippen LogP contribution in [0.25, 0.3) is 0 Å². The fourth-order valence-corrected chi connectivity index (χ4v) is 2.27. The van der Waals surface area contributed by atoms with Crippen LogP contribution in [0.3, 0.4) is 0 Å². The zero-order valence-electron chi connectivity index (χ0n) is 10.9. The van der Waals surface area contributed by atoms with Gasteiger partial charge in [-0.25, -0.2) is 4.98 Å². The SMILES string of the molecule is CCOCCCNC(=O)C1CCn2cncc2C1. The van der Waals surface area contributed by atoms with Gasteiger partial charge in [0.1, 0.15) is 0 Å². The molecule has 0 aromatic carbocycles. The first kappa shape index (κ1) is 13.1. The van der Waals surface area contributed by atoms with E-state index in [1.165, 1.54) is 0 Å². The van der Waals surface area contributed by atoms with Gasteiger partial charge in [-0.15, -0.1) is 0 Å². The van der Waals surface area contributed by atoms with Crippen molar-refractivity contribution in [3.63, 3.8) is 0 Å². The molecule has 0 fully saturated rings. The summed E-state index contributed by atoms with van der Waals surface area (Å²) in [6.45, 7) is 5.03. The normalized spacial score (nSPS) is 18.4. The van der Waals surface area contributed by atoms with Gasteiger partial charge in [0.2, 0.25) is 5.91 Å². The summed E-state index contributed by atoms with van der Waals surface area (Å²) in [5, 5.41) is 2.99. The second kappa shape index (κ2) is 6.54. The average molecular weight is 251 g/mol. The molecule has 1 unspecified atom stereocenters. The Bertz CT molecular complexity index is 389. The molecule has 1 N–H and O–H groups in total. The van der Waals surface area contributed by atoms with Gasteiger partial charge in [-0.05, 0) is 19.8 Å². The predicted molar refractivity (Wildman–Crippen MR) is 68.2 cm³/mol. The Labute approximate surface area is 108 Å². The number of ether oxygens (including phenoxy) is 1. The number of hydrogen-bond acceptors (Lipinski definition) is 3. The standard InChI is InChI=1S/C13H21N3O2/c1-2-18-7-3-5-15-13(17)11-4-6-16-10-14-9-12(16)8-11/h9-11H,2-8H2,1H3,(H,15,17). The molecular formula is C13H21N3O2. The van der Waals surface area contributed by atoms with Crippen LogP contribution in [0.5, 0.6) is 0 Å². The van der Waals surface area contributed by atoms with Crippen LogP contribution >= 0.6 is 0 Å². The lowest BCUT2D eigenvalue weighted by Crippen LogP contribution is -2.35. The molecule has 0 radical (unpaired) electrons. The van der Waals surface area contributed by atoms with Crippen molar-refractivity contribution in [2.24, 2.45) is 5.92 Å². The number of amides is 1. The minimum atomic E-state index is 0.0984. The molecule has 0 bridgehead atoms. The van der Waals surface area contributed by atoms with Gasteiger partial charge in [-0.1, -0.05) is 0 Å². The number of nitrogens with zero attached hydrogens (tertiary/aromatic N) is 2. The number of imidazole rings is 1. The molecule has 1 aromatic rings. The van der Waals surface area contributed by atoms with E-state index in [1.807, 2.05) is 19.4 Å². The molecule has 5 nitrogen and oxygen atoms in total. The molecule has 0 spiro atoms. The van der Waals surface area contributed by atoms with E-state index in [-0.39, 0.29) is 11.8 Å². The maximum Gasteiger partial charge on any atom is 0.223 e. The van der Waals surface area contributed by atoms with Gasteiger partial charge in [0, 0.05) is 50.5 Å². The van der Waals surface area contributed by atoms with Crippen molar-refractivity contribution in [1.82, 2.24) is 14.9 Å². The molecule has 1 aliphatic heterocycles. The molecule has 0 saturated carbocycles. The average Bonchev–Trinajstić information content (AvgIpc) is 2.85. The van der Waals surface area contributed by atoms with Crippen LogP contribution in [0.4, 0.5) is 0 Å². The first-order valence-electron chi connectivity index (χ1n) is 6.65. The molecular weight excluding hydrogens is 230 g/mol. The van der Waals surface area contributed by atoms with Crippen LogP contribution in [0.1, 0.15) is 25.5 Å². The topological polar surface area (TPSA) is 56.1 Å². The van der Waals surface area contributed by atoms with Crippen molar-refractivity contribution < 1.29 is 9.53 Å². The van der Waals surface area contributed by atoms with Crippen LogP contribution in [0, 0.1) is 5.92 Å². The van der Waals surface area contributed by atoms with E-state index in [2.05, 4.69) is 14.9 Å². The van der Waals surface area contributed by atoms with Crippen molar-refractivity contribution in [1.29, 1.82) is 0 Å². The van der Waals surface area contributed by atoms with Crippen molar-refractivity contribution in [2.75, 3.05) is 19.8 Å². The predicted octanol–water partition coefficient (Wildman–Crippen LogP) is 0.988. The zero-order valence-corrected chi connectivity index (χ0v) is 10.9. The fourth-order valence-electron chi connectivity index (χ4n) is 2.27. The van der Waals surface area contributed by atoms with Crippen LogP contribution in [-0.2, 0) is 22.5 Å². The number of hydrogen-bond donors (Lipinski definition) is 1. The summed E-state index contributed by atoms with van der Waals surface area (Å²) in [4.78, 5) is 16.1. The summed E-state index contributed by atoms with van der Waals surface area (Å²) in [6.07, 6.45) is 6.28. The molecule has 5 heteroatoms. The highest BCUT2D eigenvalue weighted by atomic mass is 16.5. The number of carbonyl (C=O) groups is 1. The van der Waals surface area contributed by atoms with E-state index in [4.69, 9.17) is 4.74 Å². The molecule has 1 aromatic heterocycles. The molecule has 100 valence electrons. The summed E-state index contributed by atoms with van der Waals surface area (Å²) < 4.78 is 7.36. The summed E-state index contributed by atoms with van der Waals surface area (Å²) >= 11 is 0. The maximum atomic E-state index is 12.0. The Morgan fingerprint density at radius 3 is 3.39 bits per heavy atom.